The molecule has 6 nitrogen and oxygen atoms in total. The minimum Gasteiger partial charge on any atom is -0.480 e. The molecule has 0 heterocycles. The van der Waals surface area contributed by atoms with E-state index in [2.05, 4.69) is 60.0 Å². The summed E-state index contributed by atoms with van der Waals surface area (Å²) in [5, 5.41) is 26.9. The van der Waals surface area contributed by atoms with Crippen LogP contribution in [0.5, 0.6) is 0 Å². The number of carbonyl (C=O) groups is 2. The normalized spacial score (nSPS) is 19.9. The molecule has 0 aromatic heterocycles. The highest BCUT2D eigenvalue weighted by Crippen LogP contribution is 2.34. The Labute approximate surface area is 200 Å². The van der Waals surface area contributed by atoms with Crippen LogP contribution < -0.4 is 10.6 Å². The lowest BCUT2D eigenvalue weighted by Crippen LogP contribution is -2.43. The van der Waals surface area contributed by atoms with Crippen molar-refractivity contribution in [3.8, 4) is 0 Å². The number of aliphatic carboxylic acids is 1. The number of benzene rings is 3. The number of aliphatic hydroxyl groups excluding tert-OH is 1. The van der Waals surface area contributed by atoms with Gasteiger partial charge in [0.05, 0.1) is 6.61 Å². The first-order valence-electron chi connectivity index (χ1n) is 11.9. The number of carbonyl (C=O) groups excluding carboxylic acids is 1. The van der Waals surface area contributed by atoms with Crippen molar-refractivity contribution in [1.82, 2.24) is 10.6 Å². The van der Waals surface area contributed by atoms with E-state index in [1.807, 2.05) is 12.1 Å². The molecule has 0 aliphatic heterocycles. The smallest absolute Gasteiger partial charge is 0.328 e. The average Bonchev–Trinajstić information content (AvgIpc) is 2.86. The maximum absolute atomic E-state index is 12.3. The van der Waals surface area contributed by atoms with E-state index in [1.54, 1.807) is 12.1 Å². The average molecular weight is 461 g/mol. The summed E-state index contributed by atoms with van der Waals surface area (Å²) in [4.78, 5) is 23.4. The van der Waals surface area contributed by atoms with Gasteiger partial charge in [-0.2, -0.15) is 0 Å². The Kier molecular flexibility index (Phi) is 7.60. The molecule has 0 radical (unpaired) electrons. The SMILES string of the molecule is C[C@@H](N[C@H]1CCC[C@H](c2ccc(C(=O)N[C@@H](CO)C(=O)O)cc2)C1)c1cccc2ccccc12. The predicted molar refractivity (Wildman–Crippen MR) is 133 cm³/mol. The standard InChI is InChI=1S/C28H32N2O4/c1-18(24-11-5-7-20-6-2-3-10-25(20)24)29-23-9-4-8-22(16-23)19-12-14-21(15-13-19)27(32)30-26(17-31)28(33)34/h2-3,5-7,10-15,18,22-23,26,29,31H,4,8-9,16-17H2,1H3,(H,30,32)(H,33,34)/t18-,22+,23+,26+/m1/s1. The number of rotatable bonds is 8. The van der Waals surface area contributed by atoms with E-state index in [0.29, 0.717) is 17.5 Å². The maximum atomic E-state index is 12.3. The Morgan fingerprint density at radius 2 is 1.74 bits per heavy atom. The second-order valence-corrected chi connectivity index (χ2v) is 9.19. The van der Waals surface area contributed by atoms with E-state index < -0.39 is 24.5 Å². The number of hydrogen-bond acceptors (Lipinski definition) is 4. The number of aliphatic hydroxyl groups is 1. The third-order valence-electron chi connectivity index (χ3n) is 6.88. The number of nitrogens with one attached hydrogen (secondary N) is 2. The van der Waals surface area contributed by atoms with Gasteiger partial charge in [0.25, 0.3) is 5.91 Å². The lowest BCUT2D eigenvalue weighted by Gasteiger charge is -2.32. The minimum absolute atomic E-state index is 0.245. The lowest BCUT2D eigenvalue weighted by atomic mass is 9.80. The Balaban J connectivity index is 1.40. The highest BCUT2D eigenvalue weighted by Gasteiger charge is 2.25. The van der Waals surface area contributed by atoms with Crippen LogP contribution in [0, 0.1) is 0 Å². The molecule has 4 rings (SSSR count). The van der Waals surface area contributed by atoms with Crippen LogP contribution in [-0.4, -0.2) is 40.8 Å². The van der Waals surface area contributed by atoms with E-state index in [1.165, 1.54) is 21.9 Å². The third-order valence-corrected chi connectivity index (χ3v) is 6.88. The van der Waals surface area contributed by atoms with E-state index in [9.17, 15) is 9.59 Å². The molecule has 0 saturated heterocycles. The van der Waals surface area contributed by atoms with Crippen LogP contribution in [0.25, 0.3) is 10.8 Å². The quantitative estimate of drug-likeness (QED) is 0.400. The van der Waals surface area contributed by atoms with Gasteiger partial charge in [0, 0.05) is 17.6 Å². The van der Waals surface area contributed by atoms with Crippen LogP contribution in [-0.2, 0) is 4.79 Å². The van der Waals surface area contributed by atoms with Crippen molar-refractivity contribution in [2.45, 2.75) is 56.7 Å². The second-order valence-electron chi connectivity index (χ2n) is 9.19. The van der Waals surface area contributed by atoms with Crippen LogP contribution in [0.1, 0.15) is 66.1 Å². The minimum atomic E-state index is -1.30. The molecule has 6 heteroatoms. The van der Waals surface area contributed by atoms with Crippen molar-refractivity contribution in [2.75, 3.05) is 6.61 Å². The van der Waals surface area contributed by atoms with Gasteiger partial charge in [-0.15, -0.1) is 0 Å². The lowest BCUT2D eigenvalue weighted by molar-refractivity contribution is -0.140. The number of fused-ring (bicyclic) bond motifs is 1. The van der Waals surface area contributed by atoms with Crippen molar-refractivity contribution in [3.63, 3.8) is 0 Å². The van der Waals surface area contributed by atoms with Gasteiger partial charge in [-0.25, -0.2) is 4.79 Å². The largest absolute Gasteiger partial charge is 0.480 e. The summed E-state index contributed by atoms with van der Waals surface area (Å²) in [5.41, 5.74) is 2.90. The highest BCUT2D eigenvalue weighted by molar-refractivity contribution is 5.96. The predicted octanol–water partition coefficient (Wildman–Crippen LogP) is 4.39. The van der Waals surface area contributed by atoms with E-state index in [4.69, 9.17) is 10.2 Å². The van der Waals surface area contributed by atoms with Gasteiger partial charge in [0.15, 0.2) is 6.04 Å². The molecule has 34 heavy (non-hydrogen) atoms. The van der Waals surface area contributed by atoms with Crippen LogP contribution in [0.3, 0.4) is 0 Å². The Hall–Kier alpha value is -3.22. The van der Waals surface area contributed by atoms with Crippen LogP contribution in [0.2, 0.25) is 0 Å². The molecule has 1 amide bonds. The molecule has 1 aliphatic carbocycles. The van der Waals surface area contributed by atoms with Gasteiger partial charge in [-0.1, -0.05) is 61.0 Å². The van der Waals surface area contributed by atoms with Crippen molar-refractivity contribution in [2.24, 2.45) is 0 Å². The van der Waals surface area contributed by atoms with Gasteiger partial charge in [-0.3, -0.25) is 4.79 Å². The third kappa shape index (κ3) is 5.46. The first-order chi connectivity index (χ1) is 16.5. The zero-order valence-corrected chi connectivity index (χ0v) is 19.4. The summed E-state index contributed by atoms with van der Waals surface area (Å²) >= 11 is 0. The molecule has 178 valence electrons. The molecule has 1 saturated carbocycles. The van der Waals surface area contributed by atoms with Crippen LogP contribution in [0.15, 0.2) is 66.7 Å². The Bertz CT molecular complexity index is 1140. The molecular weight excluding hydrogens is 428 g/mol. The van der Waals surface area contributed by atoms with E-state index >= 15 is 0 Å². The van der Waals surface area contributed by atoms with Crippen LogP contribution >= 0.6 is 0 Å². The number of hydrogen-bond donors (Lipinski definition) is 4. The van der Waals surface area contributed by atoms with E-state index in [0.717, 1.165) is 25.7 Å². The molecule has 1 aliphatic rings. The number of carboxylic acids is 1. The van der Waals surface area contributed by atoms with Gasteiger partial charge in [0.1, 0.15) is 0 Å². The van der Waals surface area contributed by atoms with Crippen molar-refractivity contribution in [3.05, 3.63) is 83.4 Å². The van der Waals surface area contributed by atoms with Gasteiger partial charge >= 0.3 is 5.97 Å². The molecule has 4 N–H and O–H groups in total. The second kappa shape index (κ2) is 10.8. The number of amides is 1. The fourth-order valence-electron chi connectivity index (χ4n) is 5.05. The summed E-state index contributed by atoms with van der Waals surface area (Å²) in [6.07, 6.45) is 4.43. The molecule has 4 atom stereocenters. The van der Waals surface area contributed by atoms with Crippen molar-refractivity contribution >= 4 is 22.6 Å². The Morgan fingerprint density at radius 1 is 1.00 bits per heavy atom. The maximum Gasteiger partial charge on any atom is 0.328 e. The molecule has 0 bridgehead atoms. The summed E-state index contributed by atoms with van der Waals surface area (Å²) in [7, 11) is 0. The molecular formula is C28H32N2O4. The first kappa shape index (κ1) is 23.9. The monoisotopic (exact) mass is 460 g/mol. The molecule has 1 fully saturated rings. The molecule has 3 aromatic rings. The van der Waals surface area contributed by atoms with Crippen molar-refractivity contribution < 1.29 is 19.8 Å². The zero-order valence-electron chi connectivity index (χ0n) is 19.4. The van der Waals surface area contributed by atoms with Gasteiger partial charge < -0.3 is 20.8 Å². The highest BCUT2D eigenvalue weighted by atomic mass is 16.4. The summed E-state index contributed by atoms with van der Waals surface area (Å²) in [6.45, 7) is 1.59. The van der Waals surface area contributed by atoms with Gasteiger partial charge in [0.2, 0.25) is 0 Å². The summed E-state index contributed by atoms with van der Waals surface area (Å²) in [6, 6.07) is 21.7. The Morgan fingerprint density at radius 3 is 2.47 bits per heavy atom. The van der Waals surface area contributed by atoms with Gasteiger partial charge in [-0.05, 0) is 66.1 Å². The fourth-order valence-corrected chi connectivity index (χ4v) is 5.05. The molecule has 0 spiro atoms. The number of carboxylic acid groups (broad SMARTS) is 1. The summed E-state index contributed by atoms with van der Waals surface area (Å²) in [5.74, 6) is -1.35. The first-order valence-corrected chi connectivity index (χ1v) is 11.9. The van der Waals surface area contributed by atoms with Crippen LogP contribution in [0.4, 0.5) is 0 Å². The zero-order chi connectivity index (χ0) is 24.1. The molecule has 0 unspecified atom stereocenters. The summed E-state index contributed by atoms with van der Waals surface area (Å²) < 4.78 is 0. The van der Waals surface area contributed by atoms with E-state index in [-0.39, 0.29) is 6.04 Å². The molecule has 3 aromatic carbocycles. The fraction of sp³-hybridized carbons (Fsp3) is 0.357. The van der Waals surface area contributed by atoms with Crippen molar-refractivity contribution in [1.29, 1.82) is 0 Å². The topological polar surface area (TPSA) is 98.7 Å².